The summed E-state index contributed by atoms with van der Waals surface area (Å²) in [6, 6.07) is 0. The van der Waals surface area contributed by atoms with Gasteiger partial charge in [0.1, 0.15) is 0 Å². The van der Waals surface area contributed by atoms with Crippen molar-refractivity contribution in [1.82, 2.24) is 5.73 Å². The van der Waals surface area contributed by atoms with Gasteiger partial charge in [-0.05, 0) is 12.5 Å². The largest absolute Gasteiger partial charge is 0.266 e. The van der Waals surface area contributed by atoms with Gasteiger partial charge in [-0.1, -0.05) is 0 Å². The molecule has 7 heavy (non-hydrogen) atoms. The third-order valence-electron chi connectivity index (χ3n) is 0.443. The van der Waals surface area contributed by atoms with Gasteiger partial charge in [0.15, 0.2) is 0 Å². The number of nitrogens with one attached hydrogen (secondary N) is 1. The highest BCUT2D eigenvalue weighted by Gasteiger charge is 1.82. The highest BCUT2D eigenvalue weighted by Crippen LogP contribution is 1.96. The van der Waals surface area contributed by atoms with Crippen molar-refractivity contribution in [2.75, 3.05) is 6.54 Å². The molecule has 0 unspecified atom stereocenters. The minimum absolute atomic E-state index is 0.0390. The fraction of sp³-hybridized carbons (Fsp3) is 0.500. The Hall–Kier alpha value is -0.440. The van der Waals surface area contributed by atoms with E-state index in [0.29, 0.717) is 0 Å². The SMILES string of the molecule is [NH]CCC=C(F)F. The smallest absolute Gasteiger partial charge is 0.258 e. The van der Waals surface area contributed by atoms with Crippen LogP contribution in [0.3, 0.4) is 0 Å². The lowest BCUT2D eigenvalue weighted by molar-refractivity contribution is 0.417. The highest BCUT2D eigenvalue weighted by atomic mass is 19.3. The summed E-state index contributed by atoms with van der Waals surface area (Å²) in [4.78, 5) is 0. The monoisotopic (exact) mass is 106 g/mol. The average molecular weight is 106 g/mol. The van der Waals surface area contributed by atoms with Crippen molar-refractivity contribution >= 4 is 0 Å². The van der Waals surface area contributed by atoms with Crippen molar-refractivity contribution in [2.24, 2.45) is 0 Å². The number of hydrogen-bond acceptors (Lipinski definition) is 0. The molecular weight excluding hydrogens is 100 g/mol. The Balaban J connectivity index is 3.08. The molecule has 0 aromatic heterocycles. The molecule has 0 aliphatic heterocycles. The van der Waals surface area contributed by atoms with Crippen LogP contribution in [0.5, 0.6) is 0 Å². The van der Waals surface area contributed by atoms with Gasteiger partial charge in [-0.25, -0.2) is 0 Å². The molecule has 0 bridgehead atoms. The number of rotatable bonds is 2. The van der Waals surface area contributed by atoms with Crippen LogP contribution < -0.4 is 5.73 Å². The normalized spacial score (nSPS) is 8.43. The van der Waals surface area contributed by atoms with Crippen molar-refractivity contribution < 1.29 is 8.78 Å². The van der Waals surface area contributed by atoms with Crippen molar-refractivity contribution in [3.63, 3.8) is 0 Å². The Morgan fingerprint density at radius 1 is 1.57 bits per heavy atom. The van der Waals surface area contributed by atoms with E-state index >= 15 is 0 Å². The molecule has 0 aliphatic rings. The molecule has 1 nitrogen and oxygen atoms in total. The molecule has 41 valence electrons. The van der Waals surface area contributed by atoms with E-state index in [1.807, 2.05) is 0 Å². The molecular formula is C4H6F2N. The zero-order valence-electron chi connectivity index (χ0n) is 3.75. The Morgan fingerprint density at radius 3 is 2.29 bits per heavy atom. The van der Waals surface area contributed by atoms with Gasteiger partial charge in [-0.15, -0.1) is 0 Å². The van der Waals surface area contributed by atoms with Crippen molar-refractivity contribution in [1.29, 1.82) is 0 Å². The van der Waals surface area contributed by atoms with E-state index in [9.17, 15) is 8.78 Å². The van der Waals surface area contributed by atoms with E-state index < -0.39 is 6.08 Å². The predicted octanol–water partition coefficient (Wildman–Crippen LogP) is 1.44. The van der Waals surface area contributed by atoms with E-state index in [1.54, 1.807) is 0 Å². The van der Waals surface area contributed by atoms with E-state index in [2.05, 4.69) is 0 Å². The number of halogens is 2. The van der Waals surface area contributed by atoms with Crippen molar-refractivity contribution in [3.8, 4) is 0 Å². The summed E-state index contributed by atoms with van der Waals surface area (Å²) in [5.41, 5.74) is 6.42. The third kappa shape index (κ3) is 5.56. The molecule has 0 aliphatic carbocycles. The van der Waals surface area contributed by atoms with Crippen LogP contribution in [0.25, 0.3) is 0 Å². The molecule has 0 saturated heterocycles. The molecule has 0 atom stereocenters. The second-order valence-corrected chi connectivity index (χ2v) is 1.03. The maximum atomic E-state index is 11.0. The van der Waals surface area contributed by atoms with Crippen LogP contribution in [-0.2, 0) is 0 Å². The molecule has 0 spiro atoms. The van der Waals surface area contributed by atoms with Crippen LogP contribution >= 0.6 is 0 Å². The van der Waals surface area contributed by atoms with Crippen molar-refractivity contribution in [2.45, 2.75) is 6.42 Å². The molecule has 0 amide bonds. The zero-order chi connectivity index (χ0) is 5.70. The van der Waals surface area contributed by atoms with Gasteiger partial charge >= 0.3 is 0 Å². The minimum Gasteiger partial charge on any atom is -0.258 e. The Morgan fingerprint density at radius 2 is 2.14 bits per heavy atom. The van der Waals surface area contributed by atoms with E-state index in [4.69, 9.17) is 5.73 Å². The highest BCUT2D eigenvalue weighted by molar-refractivity contribution is 4.79. The summed E-state index contributed by atoms with van der Waals surface area (Å²) < 4.78 is 22.0. The van der Waals surface area contributed by atoms with Crippen LogP contribution in [0.1, 0.15) is 6.42 Å². The van der Waals surface area contributed by atoms with Crippen LogP contribution in [0, 0.1) is 0 Å². The van der Waals surface area contributed by atoms with Crippen molar-refractivity contribution in [3.05, 3.63) is 12.2 Å². The topological polar surface area (TPSA) is 23.8 Å². The summed E-state index contributed by atoms with van der Waals surface area (Å²) in [5, 5.41) is 0. The fourth-order valence-electron chi connectivity index (χ4n) is 0.181. The molecule has 0 heterocycles. The molecule has 0 saturated carbocycles. The summed E-state index contributed by atoms with van der Waals surface area (Å²) in [7, 11) is 0. The van der Waals surface area contributed by atoms with E-state index in [0.717, 1.165) is 6.08 Å². The van der Waals surface area contributed by atoms with Gasteiger partial charge in [0, 0.05) is 6.54 Å². The quantitative estimate of drug-likeness (QED) is 0.508. The molecule has 0 aromatic rings. The third-order valence-corrected chi connectivity index (χ3v) is 0.443. The first kappa shape index (κ1) is 6.56. The second kappa shape index (κ2) is 3.74. The van der Waals surface area contributed by atoms with Crippen LogP contribution in [0.15, 0.2) is 12.2 Å². The lowest BCUT2D eigenvalue weighted by atomic mass is 10.4. The average Bonchev–Trinajstić information content (AvgIpc) is 1.61. The first-order chi connectivity index (χ1) is 3.27. The van der Waals surface area contributed by atoms with E-state index in [-0.39, 0.29) is 13.0 Å². The van der Waals surface area contributed by atoms with Gasteiger partial charge in [0.2, 0.25) is 0 Å². The van der Waals surface area contributed by atoms with Crippen LogP contribution in [-0.4, -0.2) is 6.54 Å². The predicted molar refractivity (Wildman–Crippen MR) is 22.9 cm³/mol. The summed E-state index contributed by atoms with van der Waals surface area (Å²) in [5.74, 6) is 0. The maximum absolute atomic E-state index is 11.0. The Labute approximate surface area is 40.8 Å². The zero-order valence-corrected chi connectivity index (χ0v) is 3.75. The lowest BCUT2D eigenvalue weighted by Crippen LogP contribution is -1.78. The number of hydrogen-bond donors (Lipinski definition) is 0. The molecule has 1 radical (unpaired) electrons. The maximum Gasteiger partial charge on any atom is 0.266 e. The van der Waals surface area contributed by atoms with Gasteiger partial charge < -0.3 is 0 Å². The second-order valence-electron chi connectivity index (χ2n) is 1.03. The molecule has 0 fully saturated rings. The molecule has 0 aromatic carbocycles. The standard InChI is InChI=1S/C4H6F2N/c5-4(6)2-1-3-7/h2,7H,1,3H2. The van der Waals surface area contributed by atoms with Gasteiger partial charge in [-0.3, -0.25) is 5.73 Å². The molecule has 3 heteroatoms. The minimum atomic E-state index is -1.69. The first-order valence-electron chi connectivity index (χ1n) is 1.93. The van der Waals surface area contributed by atoms with Gasteiger partial charge in [-0.2, -0.15) is 8.78 Å². The Kier molecular flexibility index (Phi) is 3.50. The molecule has 1 N–H and O–H groups in total. The summed E-state index contributed by atoms with van der Waals surface area (Å²) in [6.45, 7) is 0.0390. The summed E-state index contributed by atoms with van der Waals surface area (Å²) in [6.07, 6.45) is -0.790. The lowest BCUT2D eigenvalue weighted by Gasteiger charge is -1.78. The van der Waals surface area contributed by atoms with Gasteiger partial charge in [0.05, 0.1) is 0 Å². The fourth-order valence-corrected chi connectivity index (χ4v) is 0.181. The molecule has 0 rings (SSSR count). The Bertz CT molecular complexity index is 66.1. The first-order valence-corrected chi connectivity index (χ1v) is 1.93. The van der Waals surface area contributed by atoms with Crippen LogP contribution in [0.2, 0.25) is 0 Å². The van der Waals surface area contributed by atoms with Gasteiger partial charge in [0.25, 0.3) is 6.08 Å². The summed E-state index contributed by atoms with van der Waals surface area (Å²) >= 11 is 0. The van der Waals surface area contributed by atoms with E-state index in [1.165, 1.54) is 0 Å². The van der Waals surface area contributed by atoms with Crippen LogP contribution in [0.4, 0.5) is 8.78 Å².